The summed E-state index contributed by atoms with van der Waals surface area (Å²) in [6.45, 7) is 3.78. The minimum Gasteiger partial charge on any atom is -0.489 e. The Morgan fingerprint density at radius 1 is 1.23 bits per heavy atom. The first-order valence-corrected chi connectivity index (χ1v) is 12.5. The molecule has 2 aliphatic rings. The first kappa shape index (κ1) is 25.0. The zero-order chi connectivity index (χ0) is 24.8. The highest BCUT2D eigenvalue weighted by atomic mass is 16.5. The summed E-state index contributed by atoms with van der Waals surface area (Å²) in [4.78, 5) is 12.3. The largest absolute Gasteiger partial charge is 0.489 e. The number of fused-ring (bicyclic) bond motifs is 3. The van der Waals surface area contributed by atoms with Gasteiger partial charge in [0.2, 0.25) is 5.91 Å². The molecule has 0 unspecified atom stereocenters. The molecule has 0 radical (unpaired) electrons. The van der Waals surface area contributed by atoms with Gasteiger partial charge in [-0.15, -0.1) is 11.8 Å². The van der Waals surface area contributed by atoms with Crippen LogP contribution in [-0.4, -0.2) is 34.4 Å². The van der Waals surface area contributed by atoms with Gasteiger partial charge in [0, 0.05) is 42.3 Å². The van der Waals surface area contributed by atoms with Crippen molar-refractivity contribution in [3.05, 3.63) is 71.8 Å². The maximum atomic E-state index is 12.3. The molecule has 1 amide bonds. The molecule has 3 N–H and O–H groups in total. The van der Waals surface area contributed by atoms with E-state index in [1.165, 1.54) is 0 Å². The Morgan fingerprint density at radius 2 is 2.03 bits per heavy atom. The summed E-state index contributed by atoms with van der Waals surface area (Å²) in [6.07, 6.45) is 5.73. The van der Waals surface area contributed by atoms with Crippen LogP contribution in [0.2, 0.25) is 0 Å². The number of hydrogen-bond acceptors (Lipinski definition) is 4. The van der Waals surface area contributed by atoms with E-state index in [2.05, 4.69) is 29.3 Å². The average molecular weight is 474 g/mol. The third kappa shape index (κ3) is 5.96. The molecule has 4 rings (SSSR count). The summed E-state index contributed by atoms with van der Waals surface area (Å²) >= 11 is 0. The molecule has 184 valence electrons. The summed E-state index contributed by atoms with van der Waals surface area (Å²) in [7, 11) is 0. The number of aliphatic hydroxyl groups excluding tert-OH is 2. The van der Waals surface area contributed by atoms with E-state index in [1.807, 2.05) is 55.5 Å². The highest BCUT2D eigenvalue weighted by Gasteiger charge is 2.48. The number of para-hydroxylation sites is 2. The molecule has 1 saturated carbocycles. The van der Waals surface area contributed by atoms with Gasteiger partial charge in [0.1, 0.15) is 11.9 Å². The van der Waals surface area contributed by atoms with Crippen LogP contribution in [0.25, 0.3) is 0 Å². The van der Waals surface area contributed by atoms with Gasteiger partial charge in [0.25, 0.3) is 0 Å². The van der Waals surface area contributed by atoms with Crippen LogP contribution in [0.15, 0.2) is 60.7 Å². The molecule has 5 nitrogen and oxygen atoms in total. The number of benzene rings is 2. The topological polar surface area (TPSA) is 78.8 Å². The predicted octanol–water partition coefficient (Wildman–Crippen LogP) is 4.84. The molecular weight excluding hydrogens is 438 g/mol. The predicted molar refractivity (Wildman–Crippen MR) is 138 cm³/mol. The Kier molecular flexibility index (Phi) is 8.28. The number of aryl methyl sites for hydroxylation is 1. The number of ether oxygens (including phenoxy) is 1. The molecule has 35 heavy (non-hydrogen) atoms. The summed E-state index contributed by atoms with van der Waals surface area (Å²) in [5.74, 6) is 6.80. The number of hydrogen-bond donors (Lipinski definition) is 3. The van der Waals surface area contributed by atoms with Gasteiger partial charge in [-0.3, -0.25) is 4.79 Å². The average Bonchev–Trinajstić information content (AvgIpc) is 3.36. The van der Waals surface area contributed by atoms with Gasteiger partial charge in [0.05, 0.1) is 12.2 Å². The Bertz CT molecular complexity index is 1100. The monoisotopic (exact) mass is 473 g/mol. The van der Waals surface area contributed by atoms with Crippen molar-refractivity contribution in [3.63, 3.8) is 0 Å². The molecule has 2 aromatic rings. The molecular formula is C30H35NO4. The number of carbonyl (C=O) groups excluding carboxylic acids is 1. The second-order valence-electron chi connectivity index (χ2n) is 9.65. The van der Waals surface area contributed by atoms with Crippen LogP contribution in [-0.2, 0) is 11.2 Å². The minimum atomic E-state index is -0.600. The Balaban J connectivity index is 1.39. The summed E-state index contributed by atoms with van der Waals surface area (Å²) in [6, 6.07) is 15.7. The van der Waals surface area contributed by atoms with Crippen molar-refractivity contribution in [1.29, 1.82) is 0 Å². The van der Waals surface area contributed by atoms with Gasteiger partial charge in [0.15, 0.2) is 0 Å². The Morgan fingerprint density at radius 3 is 2.80 bits per heavy atom. The molecule has 2 aromatic carbocycles. The van der Waals surface area contributed by atoms with E-state index in [4.69, 9.17) is 4.74 Å². The molecule has 0 aromatic heterocycles. The number of carbonyl (C=O) groups is 1. The smallest absolute Gasteiger partial charge is 0.224 e. The summed E-state index contributed by atoms with van der Waals surface area (Å²) in [5.41, 5.74) is 3.03. The first-order chi connectivity index (χ1) is 17.0. The van der Waals surface area contributed by atoms with E-state index in [0.717, 1.165) is 35.4 Å². The van der Waals surface area contributed by atoms with E-state index in [1.54, 1.807) is 6.92 Å². The fraction of sp³-hybridized carbons (Fsp3) is 0.433. The van der Waals surface area contributed by atoms with E-state index in [9.17, 15) is 15.0 Å². The Hall–Kier alpha value is -3.07. The summed E-state index contributed by atoms with van der Waals surface area (Å²) in [5, 5.41) is 24.2. The lowest BCUT2D eigenvalue weighted by Gasteiger charge is -2.19. The van der Waals surface area contributed by atoms with Crippen LogP contribution in [0.3, 0.4) is 0 Å². The second kappa shape index (κ2) is 11.6. The maximum absolute atomic E-state index is 12.3. The van der Waals surface area contributed by atoms with Crippen molar-refractivity contribution < 1.29 is 19.7 Å². The fourth-order valence-corrected chi connectivity index (χ4v) is 5.17. The van der Waals surface area contributed by atoms with Gasteiger partial charge < -0.3 is 20.3 Å². The van der Waals surface area contributed by atoms with E-state index in [0.29, 0.717) is 19.3 Å². The van der Waals surface area contributed by atoms with Gasteiger partial charge in [-0.05, 0) is 43.4 Å². The molecule has 1 heterocycles. The second-order valence-corrected chi connectivity index (χ2v) is 9.65. The molecule has 5 heteroatoms. The lowest BCUT2D eigenvalue weighted by molar-refractivity contribution is -0.116. The molecule has 1 fully saturated rings. The van der Waals surface area contributed by atoms with E-state index in [-0.39, 0.29) is 29.8 Å². The molecule has 6 atom stereocenters. The third-order valence-corrected chi connectivity index (χ3v) is 7.11. The zero-order valence-corrected chi connectivity index (χ0v) is 20.5. The van der Waals surface area contributed by atoms with E-state index < -0.39 is 12.2 Å². The van der Waals surface area contributed by atoms with Crippen molar-refractivity contribution in [1.82, 2.24) is 0 Å². The molecule has 0 bridgehead atoms. The normalized spacial score (nSPS) is 24.1. The summed E-state index contributed by atoms with van der Waals surface area (Å²) < 4.78 is 6.35. The van der Waals surface area contributed by atoms with Gasteiger partial charge >= 0.3 is 0 Å². The van der Waals surface area contributed by atoms with Gasteiger partial charge in [-0.2, -0.15) is 0 Å². The van der Waals surface area contributed by atoms with E-state index >= 15 is 0 Å². The van der Waals surface area contributed by atoms with Crippen molar-refractivity contribution in [3.8, 4) is 17.6 Å². The van der Waals surface area contributed by atoms with Crippen LogP contribution in [0.5, 0.6) is 5.75 Å². The van der Waals surface area contributed by atoms with Crippen molar-refractivity contribution in [2.45, 2.75) is 70.2 Å². The van der Waals surface area contributed by atoms with Gasteiger partial charge in [-0.1, -0.05) is 55.5 Å². The first-order valence-electron chi connectivity index (χ1n) is 12.5. The molecule has 1 aliphatic carbocycles. The fourth-order valence-electron chi connectivity index (χ4n) is 5.17. The quantitative estimate of drug-likeness (QED) is 0.360. The number of nitrogens with one attached hydrogen (secondary N) is 1. The number of aliphatic hydroxyl groups is 2. The standard InChI is InChI=1S/C30H35NO4/c1-3-4-10-20(2)25(32)18-17-23-26(33)19-27-29(23)24-15-8-11-21(30(24)35-27)12-9-16-28(34)31-22-13-6-5-7-14-22/h5-8,11,13-15,17-18,20,23,25-27,29,32-33H,9-10,12,16,19H2,1-2H3,(H,31,34)/b18-17+/t20-,23+,25-,26-,27+,29+/m1/s1. The van der Waals surface area contributed by atoms with Crippen LogP contribution in [0, 0.1) is 23.7 Å². The molecule has 0 saturated heterocycles. The van der Waals surface area contributed by atoms with Crippen molar-refractivity contribution in [2.24, 2.45) is 11.8 Å². The highest BCUT2D eigenvalue weighted by molar-refractivity contribution is 5.90. The van der Waals surface area contributed by atoms with Gasteiger partial charge in [-0.25, -0.2) is 0 Å². The molecule has 0 spiro atoms. The lowest BCUT2D eigenvalue weighted by Crippen LogP contribution is -2.19. The number of amides is 1. The highest BCUT2D eigenvalue weighted by Crippen LogP contribution is 2.52. The Labute approximate surface area is 208 Å². The lowest BCUT2D eigenvalue weighted by atomic mass is 9.86. The SMILES string of the molecule is CC#CC[C@@H](C)[C@H](O)/C=C/[C@@H]1[C@H]2c3cccc(CCCC(=O)Nc4ccccc4)c3O[C@H]2C[C@H]1O. The zero-order valence-electron chi connectivity index (χ0n) is 20.5. The van der Waals surface area contributed by atoms with Crippen LogP contribution < -0.4 is 10.1 Å². The maximum Gasteiger partial charge on any atom is 0.224 e. The van der Waals surface area contributed by atoms with Crippen LogP contribution in [0.4, 0.5) is 5.69 Å². The van der Waals surface area contributed by atoms with Crippen molar-refractivity contribution >= 4 is 11.6 Å². The number of rotatable bonds is 9. The third-order valence-electron chi connectivity index (χ3n) is 7.11. The minimum absolute atomic E-state index is 0.00703. The van der Waals surface area contributed by atoms with Crippen LogP contribution >= 0.6 is 0 Å². The van der Waals surface area contributed by atoms with Crippen molar-refractivity contribution in [2.75, 3.05) is 5.32 Å². The van der Waals surface area contributed by atoms with Crippen LogP contribution in [0.1, 0.15) is 56.6 Å². The number of anilines is 1. The molecule has 1 aliphatic heterocycles.